The molecule has 6 heteroatoms. The molecule has 25 heavy (non-hydrogen) atoms. The van der Waals surface area contributed by atoms with E-state index in [0.717, 1.165) is 42.7 Å². The molecule has 132 valence electrons. The smallest absolute Gasteiger partial charge is 0.213 e. The van der Waals surface area contributed by atoms with Crippen molar-refractivity contribution in [2.45, 2.75) is 25.8 Å². The van der Waals surface area contributed by atoms with Crippen LogP contribution in [0.4, 0.5) is 0 Å². The summed E-state index contributed by atoms with van der Waals surface area (Å²) in [7, 11) is 1.77. The standard InChI is InChI=1S/C19H25N5O/c1-20-19(23-11-8-17-4-2-3-9-21-17)24-13-16-7-10-22-18(12-16)25-14-15-5-6-15/h2-4,7,9-10,12,15H,5-6,8,11,13-14H2,1H3,(H2,20,23,24). The van der Waals surface area contributed by atoms with E-state index in [1.807, 2.05) is 36.5 Å². The predicted molar refractivity (Wildman–Crippen MR) is 98.6 cm³/mol. The molecule has 6 nitrogen and oxygen atoms in total. The van der Waals surface area contributed by atoms with Gasteiger partial charge >= 0.3 is 0 Å². The minimum Gasteiger partial charge on any atom is -0.477 e. The minimum atomic E-state index is 0.672. The Labute approximate surface area is 148 Å². The van der Waals surface area contributed by atoms with Gasteiger partial charge in [-0.15, -0.1) is 0 Å². The van der Waals surface area contributed by atoms with Crippen LogP contribution in [0.15, 0.2) is 47.7 Å². The molecule has 1 aliphatic rings. The molecule has 3 rings (SSSR count). The Morgan fingerprint density at radius 1 is 1.20 bits per heavy atom. The van der Waals surface area contributed by atoms with E-state index in [4.69, 9.17) is 4.74 Å². The van der Waals surface area contributed by atoms with E-state index >= 15 is 0 Å². The van der Waals surface area contributed by atoms with Crippen molar-refractivity contribution in [1.82, 2.24) is 20.6 Å². The molecule has 2 heterocycles. The molecule has 2 aromatic rings. The third-order valence-electron chi connectivity index (χ3n) is 4.05. The van der Waals surface area contributed by atoms with Gasteiger partial charge < -0.3 is 15.4 Å². The monoisotopic (exact) mass is 339 g/mol. The summed E-state index contributed by atoms with van der Waals surface area (Å²) in [5.41, 5.74) is 2.19. The number of hydrogen-bond acceptors (Lipinski definition) is 4. The molecule has 0 spiro atoms. The second-order valence-corrected chi connectivity index (χ2v) is 6.18. The lowest BCUT2D eigenvalue weighted by Gasteiger charge is -2.12. The highest BCUT2D eigenvalue weighted by atomic mass is 16.5. The first kappa shape index (κ1) is 17.2. The zero-order valence-corrected chi connectivity index (χ0v) is 14.6. The Morgan fingerprint density at radius 2 is 2.12 bits per heavy atom. The zero-order valence-electron chi connectivity index (χ0n) is 14.6. The molecule has 1 saturated carbocycles. The maximum absolute atomic E-state index is 5.73. The second kappa shape index (κ2) is 9.01. The summed E-state index contributed by atoms with van der Waals surface area (Å²) >= 11 is 0. The summed E-state index contributed by atoms with van der Waals surface area (Å²) in [5, 5.41) is 6.61. The molecule has 0 saturated heterocycles. The Bertz CT molecular complexity index is 685. The summed E-state index contributed by atoms with van der Waals surface area (Å²) in [4.78, 5) is 12.8. The number of nitrogens with one attached hydrogen (secondary N) is 2. The van der Waals surface area contributed by atoms with Crippen molar-refractivity contribution in [3.63, 3.8) is 0 Å². The van der Waals surface area contributed by atoms with Crippen molar-refractivity contribution in [3.8, 4) is 5.88 Å². The lowest BCUT2D eigenvalue weighted by atomic mass is 10.2. The topological polar surface area (TPSA) is 71.4 Å². The molecular weight excluding hydrogens is 314 g/mol. The van der Waals surface area contributed by atoms with Gasteiger partial charge in [-0.25, -0.2) is 4.98 Å². The van der Waals surface area contributed by atoms with E-state index in [0.29, 0.717) is 12.4 Å². The van der Waals surface area contributed by atoms with Crippen LogP contribution in [0.25, 0.3) is 0 Å². The van der Waals surface area contributed by atoms with Crippen molar-refractivity contribution in [2.75, 3.05) is 20.2 Å². The van der Waals surface area contributed by atoms with Crippen molar-refractivity contribution < 1.29 is 4.74 Å². The first-order valence-electron chi connectivity index (χ1n) is 8.75. The van der Waals surface area contributed by atoms with E-state index in [1.165, 1.54) is 12.8 Å². The number of rotatable bonds is 8. The number of aliphatic imine (C=N–C) groups is 1. The fraction of sp³-hybridized carbons (Fsp3) is 0.421. The lowest BCUT2D eigenvalue weighted by Crippen LogP contribution is -2.37. The number of guanidine groups is 1. The molecule has 1 fully saturated rings. The Morgan fingerprint density at radius 3 is 2.88 bits per heavy atom. The van der Waals surface area contributed by atoms with E-state index in [-0.39, 0.29) is 0 Å². The number of ether oxygens (including phenoxy) is 1. The summed E-state index contributed by atoms with van der Waals surface area (Å²) in [5.74, 6) is 2.20. The fourth-order valence-electron chi connectivity index (χ4n) is 2.39. The van der Waals surface area contributed by atoms with Crippen LogP contribution in [0.5, 0.6) is 5.88 Å². The van der Waals surface area contributed by atoms with Gasteiger partial charge in [-0.1, -0.05) is 6.07 Å². The molecule has 0 radical (unpaired) electrons. The predicted octanol–water partition coefficient (Wildman–Crippen LogP) is 2.17. The van der Waals surface area contributed by atoms with E-state index < -0.39 is 0 Å². The van der Waals surface area contributed by atoms with Gasteiger partial charge in [0.25, 0.3) is 0 Å². The number of pyridine rings is 2. The average molecular weight is 339 g/mol. The SMILES string of the molecule is CN=C(NCCc1ccccn1)NCc1ccnc(OCC2CC2)c1. The van der Waals surface area contributed by atoms with Crippen molar-refractivity contribution in [3.05, 3.63) is 54.0 Å². The summed E-state index contributed by atoms with van der Waals surface area (Å²) in [6, 6.07) is 9.92. The van der Waals surface area contributed by atoms with Crippen LogP contribution < -0.4 is 15.4 Å². The second-order valence-electron chi connectivity index (χ2n) is 6.18. The van der Waals surface area contributed by atoms with Crippen LogP contribution in [-0.2, 0) is 13.0 Å². The molecule has 0 aliphatic heterocycles. The molecule has 0 amide bonds. The van der Waals surface area contributed by atoms with Gasteiger partial charge in [-0.2, -0.15) is 0 Å². The van der Waals surface area contributed by atoms with Crippen LogP contribution in [-0.4, -0.2) is 36.1 Å². The molecule has 2 N–H and O–H groups in total. The normalized spacial score (nSPS) is 14.2. The molecule has 0 atom stereocenters. The van der Waals surface area contributed by atoms with E-state index in [9.17, 15) is 0 Å². The number of aromatic nitrogens is 2. The quantitative estimate of drug-likeness (QED) is 0.570. The molecule has 1 aliphatic carbocycles. The summed E-state index contributed by atoms with van der Waals surface area (Å²) in [6.45, 7) is 2.23. The molecule has 0 aromatic carbocycles. The third kappa shape index (κ3) is 6.06. The van der Waals surface area contributed by atoms with Crippen LogP contribution in [0.3, 0.4) is 0 Å². The van der Waals surface area contributed by atoms with Crippen LogP contribution in [0, 0.1) is 5.92 Å². The maximum atomic E-state index is 5.73. The van der Waals surface area contributed by atoms with Gasteiger partial charge in [0, 0.05) is 50.7 Å². The molecule has 0 unspecified atom stereocenters. The molecule has 0 bridgehead atoms. The van der Waals surface area contributed by atoms with E-state index in [2.05, 4.69) is 25.6 Å². The largest absolute Gasteiger partial charge is 0.477 e. The highest BCUT2D eigenvalue weighted by molar-refractivity contribution is 5.79. The Hall–Kier alpha value is -2.63. The Balaban J connectivity index is 1.41. The summed E-state index contributed by atoms with van der Waals surface area (Å²) in [6.07, 6.45) is 7.02. The molecule has 2 aromatic heterocycles. The third-order valence-corrected chi connectivity index (χ3v) is 4.05. The number of nitrogens with zero attached hydrogens (tertiary/aromatic N) is 3. The van der Waals surface area contributed by atoms with Crippen molar-refractivity contribution in [1.29, 1.82) is 0 Å². The minimum absolute atomic E-state index is 0.672. The first-order valence-corrected chi connectivity index (χ1v) is 8.75. The molecular formula is C19H25N5O. The van der Waals surface area contributed by atoms with Crippen LogP contribution in [0.2, 0.25) is 0 Å². The maximum Gasteiger partial charge on any atom is 0.213 e. The first-order chi connectivity index (χ1) is 12.3. The van der Waals surface area contributed by atoms with Gasteiger partial charge in [0.05, 0.1) is 6.61 Å². The highest BCUT2D eigenvalue weighted by Gasteiger charge is 2.22. The zero-order chi connectivity index (χ0) is 17.3. The lowest BCUT2D eigenvalue weighted by molar-refractivity contribution is 0.288. The van der Waals surface area contributed by atoms with Gasteiger partial charge in [0.15, 0.2) is 5.96 Å². The van der Waals surface area contributed by atoms with Gasteiger partial charge in [0.1, 0.15) is 0 Å². The van der Waals surface area contributed by atoms with Crippen LogP contribution >= 0.6 is 0 Å². The average Bonchev–Trinajstić information content (AvgIpc) is 3.48. The van der Waals surface area contributed by atoms with Gasteiger partial charge in [-0.05, 0) is 42.5 Å². The summed E-state index contributed by atoms with van der Waals surface area (Å²) < 4.78 is 5.73. The van der Waals surface area contributed by atoms with Crippen molar-refractivity contribution >= 4 is 5.96 Å². The number of hydrogen-bond donors (Lipinski definition) is 2. The van der Waals surface area contributed by atoms with Crippen LogP contribution in [0.1, 0.15) is 24.1 Å². The fourth-order valence-corrected chi connectivity index (χ4v) is 2.39. The van der Waals surface area contributed by atoms with Gasteiger partial charge in [0.2, 0.25) is 5.88 Å². The van der Waals surface area contributed by atoms with Gasteiger partial charge in [-0.3, -0.25) is 9.98 Å². The van der Waals surface area contributed by atoms with E-state index in [1.54, 1.807) is 13.2 Å². The highest BCUT2D eigenvalue weighted by Crippen LogP contribution is 2.29. The van der Waals surface area contributed by atoms with Crippen molar-refractivity contribution in [2.24, 2.45) is 10.9 Å². The Kier molecular flexibility index (Phi) is 6.20.